The summed E-state index contributed by atoms with van der Waals surface area (Å²) in [6.45, 7) is 0.143. The number of benzene rings is 3. The van der Waals surface area contributed by atoms with Crippen molar-refractivity contribution in [3.63, 3.8) is 0 Å². The van der Waals surface area contributed by atoms with Gasteiger partial charge >= 0.3 is 0 Å². The SMILES string of the molecule is CNN[C@@H](Cc1ccc(O)cc1)C(=O)N[C@@H](CCCN=C(N)N)C(=O)N[C@@H](CS)C(=O)N[C@@H](CCSC)C(=O)N[C@@H](Cc1cnc[nH]1)C(=O)N[C@H](Cc1ccccc1)C(=O)N[C@@H](CCCN=C(N)N)C(=O)N[C@@H](Cc1c[nH]c2ccccc12)C(=O)N[C@@H](CS)C(N)=O. The molecule has 0 unspecified atom stereocenters. The first kappa shape index (κ1) is 73.7. The average molecular weight is 1330 g/mol. The Labute approximate surface area is 547 Å². The van der Waals surface area contributed by atoms with Gasteiger partial charge in [0.15, 0.2) is 11.9 Å². The van der Waals surface area contributed by atoms with E-state index in [1.54, 1.807) is 68.0 Å². The molecule has 92 heavy (non-hydrogen) atoms. The number of aromatic hydroxyl groups is 1. The molecule has 5 rings (SSSR count). The number of carbonyl (C=O) groups excluding carboxylic acids is 9. The molecule has 0 aliphatic rings. The number of fused-ring (bicyclic) bond motifs is 1. The number of nitrogens with one attached hydrogen (secondary N) is 12. The highest BCUT2D eigenvalue weighted by molar-refractivity contribution is 7.98. The van der Waals surface area contributed by atoms with Crippen molar-refractivity contribution < 1.29 is 48.3 Å². The number of imidazole rings is 1. The highest BCUT2D eigenvalue weighted by Gasteiger charge is 2.36. The van der Waals surface area contributed by atoms with Crippen LogP contribution in [-0.2, 0) is 68.8 Å². The van der Waals surface area contributed by atoms with Crippen molar-refractivity contribution >= 4 is 113 Å². The van der Waals surface area contributed by atoms with Gasteiger partial charge in [-0.25, -0.2) is 10.4 Å². The molecule has 5 aromatic rings. The molecule has 30 nitrogen and oxygen atoms in total. The van der Waals surface area contributed by atoms with Crippen LogP contribution in [0.25, 0.3) is 10.9 Å². The Hall–Kier alpha value is -9.05. The summed E-state index contributed by atoms with van der Waals surface area (Å²) in [5.74, 6) is -7.61. The number of hydrazine groups is 1. The van der Waals surface area contributed by atoms with Crippen LogP contribution in [0.3, 0.4) is 0 Å². The van der Waals surface area contributed by atoms with Crippen molar-refractivity contribution in [1.82, 2.24) is 68.3 Å². The van der Waals surface area contributed by atoms with Crippen LogP contribution in [0.15, 0.2) is 108 Å². The highest BCUT2D eigenvalue weighted by Crippen LogP contribution is 2.20. The lowest BCUT2D eigenvalue weighted by Crippen LogP contribution is -2.61. The van der Waals surface area contributed by atoms with Crippen molar-refractivity contribution in [2.45, 2.75) is 112 Å². The van der Waals surface area contributed by atoms with E-state index in [0.717, 1.165) is 10.9 Å². The zero-order valence-corrected chi connectivity index (χ0v) is 53.6. The van der Waals surface area contributed by atoms with E-state index in [0.29, 0.717) is 28.1 Å². The maximum absolute atomic E-state index is 14.9. The number of aromatic amines is 2. The van der Waals surface area contributed by atoms with Gasteiger partial charge in [0.25, 0.3) is 0 Å². The van der Waals surface area contributed by atoms with Crippen molar-refractivity contribution in [2.24, 2.45) is 38.7 Å². The summed E-state index contributed by atoms with van der Waals surface area (Å²) in [7, 11) is 1.56. The largest absolute Gasteiger partial charge is 0.508 e. The molecular weight excluding hydrogens is 1240 g/mol. The summed E-state index contributed by atoms with van der Waals surface area (Å²) < 4.78 is 0. The Balaban J connectivity index is 1.40. The number of rotatable bonds is 40. The Bertz CT molecular complexity index is 3280. The number of phenols is 1. The molecule has 0 bridgehead atoms. The molecule has 3 aromatic carbocycles. The first-order valence-corrected chi connectivity index (χ1v) is 32.1. The summed E-state index contributed by atoms with van der Waals surface area (Å²) in [5.41, 5.74) is 36.5. The minimum Gasteiger partial charge on any atom is -0.508 e. The molecule has 0 saturated carbocycles. The highest BCUT2D eigenvalue weighted by atomic mass is 32.2. The number of amides is 9. The second-order valence-electron chi connectivity index (χ2n) is 21.3. The number of guanidine groups is 2. The molecule has 0 fully saturated rings. The molecule has 0 saturated heterocycles. The Morgan fingerprint density at radius 2 is 0.978 bits per heavy atom. The fourth-order valence-corrected chi connectivity index (χ4v) is 10.5. The average Bonchev–Trinajstić information content (AvgIpc) is 1.72. The van der Waals surface area contributed by atoms with E-state index in [2.05, 4.69) is 104 Å². The van der Waals surface area contributed by atoms with E-state index in [-0.39, 0.29) is 100 Å². The van der Waals surface area contributed by atoms with Gasteiger partial charge in [0.1, 0.15) is 60.1 Å². The quantitative estimate of drug-likeness (QED) is 0.00613. The number of thiol groups is 2. The minimum absolute atomic E-state index is 0.0235. The normalized spacial score (nSPS) is 14.0. The third-order valence-electron chi connectivity index (χ3n) is 14.3. The number of phenolic OH excluding ortho intramolecular Hbond substituents is 1. The van der Waals surface area contributed by atoms with E-state index >= 15 is 0 Å². The lowest BCUT2D eigenvalue weighted by molar-refractivity contribution is -0.135. The van der Waals surface area contributed by atoms with Crippen LogP contribution in [0, 0.1) is 0 Å². The van der Waals surface area contributed by atoms with E-state index in [1.807, 2.05) is 18.2 Å². The number of carbonyl (C=O) groups is 9. The first-order valence-electron chi connectivity index (χ1n) is 29.4. The van der Waals surface area contributed by atoms with Gasteiger partial charge in [-0.1, -0.05) is 60.7 Å². The molecule has 23 N–H and O–H groups in total. The van der Waals surface area contributed by atoms with Gasteiger partial charge in [0.05, 0.1) is 6.33 Å². The van der Waals surface area contributed by atoms with Crippen LogP contribution in [0.2, 0.25) is 0 Å². The maximum atomic E-state index is 14.9. The van der Waals surface area contributed by atoms with Gasteiger partial charge in [-0.3, -0.25) is 58.6 Å². The number of H-pyrrole nitrogens is 2. The Morgan fingerprint density at radius 3 is 1.49 bits per heavy atom. The second kappa shape index (κ2) is 38.6. The summed E-state index contributed by atoms with van der Waals surface area (Å²) in [5, 5.41) is 32.3. The van der Waals surface area contributed by atoms with Crippen LogP contribution >= 0.6 is 37.0 Å². The summed E-state index contributed by atoms with van der Waals surface area (Å²) in [6.07, 6.45) is 6.34. The van der Waals surface area contributed by atoms with Crippen molar-refractivity contribution in [1.29, 1.82) is 0 Å². The molecule has 0 aliphatic carbocycles. The molecule has 0 spiro atoms. The molecule has 2 heterocycles. The Kier molecular flexibility index (Phi) is 30.9. The van der Waals surface area contributed by atoms with E-state index < -0.39 is 108 Å². The predicted molar refractivity (Wildman–Crippen MR) is 357 cm³/mol. The summed E-state index contributed by atoms with van der Waals surface area (Å²) >= 11 is 9.91. The standard InChI is InChI=1S/C59H84N20O10S3/c1-65-79-46(25-34-16-18-37(80)19-17-34)56(88)72-41(15-9-22-68-59(63)64)51(83)78-48(31-91)57(89)73-42(20-23-92-2)52(84)76-45(27-36-29-66-32-70-36)55(87)74-43(24-33-10-4-3-5-11-33)53(85)71-40(14-8-21-67-58(61)62)50(82)75-44(54(86)77-47(30-90)49(60)81)26-35-28-69-39-13-7-6-12-38(35)39/h3-7,10-13,16-19,28-29,32,40-48,65,69,79-80,90-91H,8-9,14-15,20-27,30-31H2,1-2H3,(H2,60,81)(H,66,70)(H,71,85)(H,72,88)(H,73,89)(H,74,87)(H,75,82)(H,76,84)(H,77,86)(H,78,83)(H4,61,62,67)(H4,63,64,68)/t40-,41-,42-,43+,44-,45-,46-,47-,48-/m0/s1. The number of nitrogens with zero attached hydrogens (tertiary/aromatic N) is 3. The fourth-order valence-electron chi connectivity index (χ4n) is 9.49. The number of nitrogens with two attached hydrogens (primary N) is 5. The third-order valence-corrected chi connectivity index (χ3v) is 15.7. The van der Waals surface area contributed by atoms with Crippen LogP contribution < -0.4 is 82.1 Å². The first-order chi connectivity index (χ1) is 44.1. The van der Waals surface area contributed by atoms with Gasteiger partial charge in [-0.05, 0) is 92.5 Å². The van der Waals surface area contributed by atoms with Gasteiger partial charge in [-0.2, -0.15) is 37.0 Å². The number of hydrogen-bond donors (Lipinski definition) is 20. The van der Waals surface area contributed by atoms with Gasteiger partial charge in [0.2, 0.25) is 53.2 Å². The van der Waals surface area contributed by atoms with Crippen LogP contribution in [0.1, 0.15) is 54.5 Å². The van der Waals surface area contributed by atoms with Gasteiger partial charge in [0, 0.05) is 72.8 Å². The molecule has 0 aliphatic heterocycles. The number of para-hydroxylation sites is 1. The third kappa shape index (κ3) is 24.6. The summed E-state index contributed by atoms with van der Waals surface area (Å²) in [6, 6.07) is 10.5. The topological polar surface area (TPSA) is 493 Å². The molecule has 0 radical (unpaired) electrons. The van der Waals surface area contributed by atoms with Crippen LogP contribution in [-0.4, -0.2) is 183 Å². The molecule has 2 aromatic heterocycles. The summed E-state index contributed by atoms with van der Waals surface area (Å²) in [4.78, 5) is 146. The Morgan fingerprint density at radius 1 is 0.533 bits per heavy atom. The minimum atomic E-state index is -1.45. The van der Waals surface area contributed by atoms with E-state index in [1.165, 1.54) is 36.4 Å². The molecule has 33 heteroatoms. The smallest absolute Gasteiger partial charge is 0.244 e. The van der Waals surface area contributed by atoms with Gasteiger partial charge in [-0.15, -0.1) is 0 Å². The molecule has 498 valence electrons. The van der Waals surface area contributed by atoms with E-state index in [9.17, 15) is 48.3 Å². The number of primary amides is 1. The predicted octanol–water partition coefficient (Wildman–Crippen LogP) is -2.96. The zero-order chi connectivity index (χ0) is 67.1. The lowest BCUT2D eigenvalue weighted by atomic mass is 10.0. The second-order valence-corrected chi connectivity index (χ2v) is 23.0. The lowest BCUT2D eigenvalue weighted by Gasteiger charge is -2.28. The molecule has 9 amide bonds. The van der Waals surface area contributed by atoms with Crippen molar-refractivity contribution in [2.75, 3.05) is 43.7 Å². The zero-order valence-electron chi connectivity index (χ0n) is 51.0. The van der Waals surface area contributed by atoms with E-state index in [4.69, 9.17) is 28.7 Å². The number of aliphatic imine (C=N–C) groups is 2. The number of aromatic nitrogens is 3. The van der Waals surface area contributed by atoms with Crippen molar-refractivity contribution in [3.8, 4) is 5.75 Å². The monoisotopic (exact) mass is 1330 g/mol. The van der Waals surface area contributed by atoms with Crippen LogP contribution in [0.4, 0.5) is 0 Å². The molecular formula is C59H84N20O10S3. The maximum Gasteiger partial charge on any atom is 0.244 e. The van der Waals surface area contributed by atoms with Crippen molar-refractivity contribution in [3.05, 3.63) is 120 Å². The van der Waals surface area contributed by atoms with Gasteiger partial charge < -0.3 is 86.3 Å². The number of hydrogen-bond acceptors (Lipinski definition) is 18. The van der Waals surface area contributed by atoms with Crippen LogP contribution in [0.5, 0.6) is 5.75 Å². The number of thioether (sulfide) groups is 1. The fraction of sp³-hybridized carbons (Fsp3) is 0.424. The molecule has 9 atom stereocenters.